The fourth-order valence-corrected chi connectivity index (χ4v) is 1.66. The number of halogens is 2. The summed E-state index contributed by atoms with van der Waals surface area (Å²) < 4.78 is 1.67. The van der Waals surface area contributed by atoms with Crippen LogP contribution in [0.3, 0.4) is 0 Å². The van der Waals surface area contributed by atoms with Crippen LogP contribution >= 0.6 is 23.2 Å². The van der Waals surface area contributed by atoms with E-state index in [2.05, 4.69) is 10.3 Å². The van der Waals surface area contributed by atoms with Crippen LogP contribution in [0.2, 0.25) is 5.02 Å². The third kappa shape index (κ3) is 2.36. The molecule has 84 valence electrons. The van der Waals surface area contributed by atoms with Gasteiger partial charge in [-0.05, 0) is 24.6 Å². The Bertz CT molecular complexity index is 482. The molecule has 1 heterocycles. The summed E-state index contributed by atoms with van der Waals surface area (Å²) in [6, 6.07) is 7.44. The second-order valence-corrected chi connectivity index (χ2v) is 4.41. The highest BCUT2D eigenvalue weighted by molar-refractivity contribution is 6.30. The molecule has 0 bridgehead atoms. The zero-order chi connectivity index (χ0) is 11.5. The predicted molar refractivity (Wildman–Crippen MR) is 65.3 cm³/mol. The van der Waals surface area contributed by atoms with Gasteiger partial charge in [-0.25, -0.2) is 4.68 Å². The van der Waals surface area contributed by atoms with Crippen LogP contribution in [0, 0.1) is 0 Å². The Morgan fingerprint density at radius 2 is 2.25 bits per heavy atom. The van der Waals surface area contributed by atoms with Crippen molar-refractivity contribution in [1.29, 1.82) is 0 Å². The summed E-state index contributed by atoms with van der Waals surface area (Å²) in [5.74, 6) is 0. The first-order valence-electron chi connectivity index (χ1n) is 5.03. The van der Waals surface area contributed by atoms with Crippen molar-refractivity contribution in [3.05, 3.63) is 41.2 Å². The smallest absolute Gasteiger partial charge is 0.101 e. The summed E-state index contributed by atoms with van der Waals surface area (Å²) in [5, 5.41) is 8.63. The summed E-state index contributed by atoms with van der Waals surface area (Å²) in [4.78, 5) is 0. The molecule has 0 saturated carbocycles. The van der Waals surface area contributed by atoms with E-state index in [1.807, 2.05) is 37.4 Å². The van der Waals surface area contributed by atoms with Crippen molar-refractivity contribution in [3.63, 3.8) is 0 Å². The highest BCUT2D eigenvalue weighted by atomic mass is 35.5. The van der Waals surface area contributed by atoms with Crippen molar-refractivity contribution in [2.75, 3.05) is 0 Å². The predicted octanol–water partition coefficient (Wildman–Crippen LogP) is 3.61. The van der Waals surface area contributed by atoms with E-state index in [1.165, 1.54) is 0 Å². The minimum Gasteiger partial charge on any atom is -0.220 e. The van der Waals surface area contributed by atoms with Gasteiger partial charge in [0.1, 0.15) is 5.69 Å². The number of nitrogens with zero attached hydrogens (tertiary/aromatic N) is 3. The molecule has 0 N–H and O–H groups in total. The highest BCUT2D eigenvalue weighted by Gasteiger charge is 2.10. The summed E-state index contributed by atoms with van der Waals surface area (Å²) in [6.45, 7) is 2.01. The standard InChI is InChI=1S/C11H11Cl2N3/c1-2-10(13)11-7-16(15-14-11)9-5-3-4-8(12)6-9/h3-7,10H,2H2,1H3. The van der Waals surface area contributed by atoms with E-state index < -0.39 is 0 Å². The van der Waals surface area contributed by atoms with Gasteiger partial charge in [-0.3, -0.25) is 0 Å². The molecule has 16 heavy (non-hydrogen) atoms. The maximum atomic E-state index is 6.08. The van der Waals surface area contributed by atoms with Gasteiger partial charge in [-0.2, -0.15) is 0 Å². The van der Waals surface area contributed by atoms with Crippen LogP contribution in [-0.4, -0.2) is 15.0 Å². The number of aromatic nitrogens is 3. The minimum atomic E-state index is -0.0899. The second kappa shape index (κ2) is 4.85. The van der Waals surface area contributed by atoms with E-state index in [0.29, 0.717) is 5.02 Å². The van der Waals surface area contributed by atoms with Crippen molar-refractivity contribution in [2.24, 2.45) is 0 Å². The van der Waals surface area contributed by atoms with E-state index >= 15 is 0 Å². The first kappa shape index (κ1) is 11.4. The molecule has 0 saturated heterocycles. The summed E-state index contributed by atoms with van der Waals surface area (Å²) in [6.07, 6.45) is 2.66. The Labute approximate surface area is 104 Å². The largest absolute Gasteiger partial charge is 0.220 e. The molecular weight excluding hydrogens is 245 g/mol. The van der Waals surface area contributed by atoms with Crippen LogP contribution in [-0.2, 0) is 0 Å². The van der Waals surface area contributed by atoms with Crippen LogP contribution < -0.4 is 0 Å². The van der Waals surface area contributed by atoms with Gasteiger partial charge in [-0.1, -0.05) is 29.8 Å². The molecule has 3 nitrogen and oxygen atoms in total. The second-order valence-electron chi connectivity index (χ2n) is 3.44. The van der Waals surface area contributed by atoms with Crippen LogP contribution in [0.15, 0.2) is 30.5 Å². The number of benzene rings is 1. The topological polar surface area (TPSA) is 30.7 Å². The average molecular weight is 256 g/mol. The normalized spacial score (nSPS) is 12.7. The Balaban J connectivity index is 2.31. The van der Waals surface area contributed by atoms with Crippen molar-refractivity contribution < 1.29 is 0 Å². The SMILES string of the molecule is CCC(Cl)c1cn(-c2cccc(Cl)c2)nn1. The van der Waals surface area contributed by atoms with Gasteiger partial charge in [0.2, 0.25) is 0 Å². The zero-order valence-electron chi connectivity index (χ0n) is 8.77. The third-order valence-electron chi connectivity index (χ3n) is 2.26. The first-order valence-corrected chi connectivity index (χ1v) is 5.84. The maximum absolute atomic E-state index is 6.08. The van der Waals surface area contributed by atoms with Gasteiger partial charge in [0.05, 0.1) is 17.3 Å². The van der Waals surface area contributed by atoms with Gasteiger partial charge in [0, 0.05) is 5.02 Å². The number of hydrogen-bond acceptors (Lipinski definition) is 2. The van der Waals surface area contributed by atoms with Crippen molar-refractivity contribution in [2.45, 2.75) is 18.7 Å². The van der Waals surface area contributed by atoms with Gasteiger partial charge in [0.25, 0.3) is 0 Å². The Hall–Kier alpha value is -1.06. The lowest BCUT2D eigenvalue weighted by Gasteiger charge is -2.00. The van der Waals surface area contributed by atoms with Gasteiger partial charge in [0.15, 0.2) is 0 Å². The quantitative estimate of drug-likeness (QED) is 0.785. The Morgan fingerprint density at radius 1 is 1.44 bits per heavy atom. The number of hydrogen-bond donors (Lipinski definition) is 0. The molecule has 1 unspecified atom stereocenters. The van der Waals surface area contributed by atoms with Crippen molar-refractivity contribution in [3.8, 4) is 5.69 Å². The van der Waals surface area contributed by atoms with E-state index in [1.54, 1.807) is 4.68 Å². The molecule has 0 radical (unpaired) electrons. The fraction of sp³-hybridized carbons (Fsp3) is 0.273. The van der Waals surface area contributed by atoms with Crippen LogP contribution in [0.25, 0.3) is 5.69 Å². The van der Waals surface area contributed by atoms with E-state index in [4.69, 9.17) is 23.2 Å². The molecule has 0 fully saturated rings. The lowest BCUT2D eigenvalue weighted by atomic mass is 10.2. The molecule has 2 rings (SSSR count). The molecule has 0 aliphatic rings. The average Bonchev–Trinajstić information content (AvgIpc) is 2.77. The molecule has 1 aromatic carbocycles. The molecule has 0 aliphatic heterocycles. The van der Waals surface area contributed by atoms with E-state index in [0.717, 1.165) is 17.8 Å². The van der Waals surface area contributed by atoms with Crippen LogP contribution in [0.5, 0.6) is 0 Å². The van der Waals surface area contributed by atoms with Gasteiger partial charge in [-0.15, -0.1) is 16.7 Å². The Kier molecular flexibility index (Phi) is 3.46. The highest BCUT2D eigenvalue weighted by Crippen LogP contribution is 2.22. The molecular formula is C11H11Cl2N3. The Morgan fingerprint density at radius 3 is 2.94 bits per heavy atom. The summed E-state index contributed by atoms with van der Waals surface area (Å²) >= 11 is 12.0. The third-order valence-corrected chi connectivity index (χ3v) is 3.03. The molecule has 2 aromatic rings. The summed E-state index contributed by atoms with van der Waals surface area (Å²) in [5.41, 5.74) is 1.66. The lowest BCUT2D eigenvalue weighted by Crippen LogP contribution is -1.94. The number of rotatable bonds is 3. The van der Waals surface area contributed by atoms with Crippen molar-refractivity contribution >= 4 is 23.2 Å². The number of alkyl halides is 1. The molecule has 1 aromatic heterocycles. The van der Waals surface area contributed by atoms with Gasteiger partial charge >= 0.3 is 0 Å². The van der Waals surface area contributed by atoms with Crippen LogP contribution in [0.1, 0.15) is 24.4 Å². The molecule has 0 aliphatic carbocycles. The van der Waals surface area contributed by atoms with Gasteiger partial charge < -0.3 is 0 Å². The molecule has 0 spiro atoms. The molecule has 5 heteroatoms. The van der Waals surface area contributed by atoms with E-state index in [-0.39, 0.29) is 5.38 Å². The fourth-order valence-electron chi connectivity index (χ4n) is 1.37. The summed E-state index contributed by atoms with van der Waals surface area (Å²) in [7, 11) is 0. The monoisotopic (exact) mass is 255 g/mol. The molecule has 1 atom stereocenters. The van der Waals surface area contributed by atoms with Crippen LogP contribution in [0.4, 0.5) is 0 Å². The molecule has 0 amide bonds. The maximum Gasteiger partial charge on any atom is 0.101 e. The first-order chi connectivity index (χ1) is 7.70. The lowest BCUT2D eigenvalue weighted by molar-refractivity contribution is 0.786. The zero-order valence-corrected chi connectivity index (χ0v) is 10.3. The minimum absolute atomic E-state index is 0.0899. The van der Waals surface area contributed by atoms with Crippen molar-refractivity contribution in [1.82, 2.24) is 15.0 Å². The van der Waals surface area contributed by atoms with E-state index in [9.17, 15) is 0 Å².